The van der Waals surface area contributed by atoms with Crippen LogP contribution in [0.1, 0.15) is 64.1 Å². The zero-order valence-electron chi connectivity index (χ0n) is 23.1. The van der Waals surface area contributed by atoms with E-state index in [0.717, 1.165) is 37.2 Å². The number of halogens is 1. The van der Waals surface area contributed by atoms with E-state index in [0.29, 0.717) is 44.7 Å². The first-order chi connectivity index (χ1) is 19.6. The number of hydrogen-bond donors (Lipinski definition) is 3. The zero-order valence-corrected chi connectivity index (χ0v) is 24.7. The van der Waals surface area contributed by atoms with Crippen molar-refractivity contribution < 1.29 is 18.0 Å². The van der Waals surface area contributed by atoms with Crippen LogP contribution in [0.3, 0.4) is 0 Å². The van der Waals surface area contributed by atoms with Gasteiger partial charge in [-0.3, -0.25) is 9.59 Å². The fourth-order valence-corrected chi connectivity index (χ4v) is 7.52. The highest BCUT2D eigenvalue weighted by Crippen LogP contribution is 2.37. The summed E-state index contributed by atoms with van der Waals surface area (Å²) in [4.78, 5) is 32.1. The Hall–Kier alpha value is -3.40. The molecular weight excluding hydrogens is 560 g/mol. The van der Waals surface area contributed by atoms with Gasteiger partial charge in [-0.1, -0.05) is 29.8 Å². The van der Waals surface area contributed by atoms with Crippen molar-refractivity contribution in [1.29, 1.82) is 0 Å². The molecule has 0 spiro atoms. The first kappa shape index (κ1) is 27.8. The molecule has 1 aliphatic carbocycles. The number of hydrogen-bond acceptors (Lipinski definition) is 5. The van der Waals surface area contributed by atoms with E-state index in [-0.39, 0.29) is 28.5 Å². The van der Waals surface area contributed by atoms with Gasteiger partial charge in [0.1, 0.15) is 0 Å². The van der Waals surface area contributed by atoms with Gasteiger partial charge in [0.2, 0.25) is 0 Å². The third-order valence-electron chi connectivity index (χ3n) is 8.27. The molecule has 2 aliphatic heterocycles. The monoisotopic (exact) mass is 592 g/mol. The lowest BCUT2D eigenvalue weighted by atomic mass is 10.0. The number of nitrogens with one attached hydrogen (secondary N) is 3. The van der Waals surface area contributed by atoms with Crippen molar-refractivity contribution in [3.8, 4) is 0 Å². The van der Waals surface area contributed by atoms with Crippen molar-refractivity contribution in [1.82, 2.24) is 15.2 Å². The van der Waals surface area contributed by atoms with Crippen LogP contribution in [0.2, 0.25) is 5.02 Å². The van der Waals surface area contributed by atoms with Crippen LogP contribution in [0, 0.1) is 13.8 Å². The summed E-state index contributed by atoms with van der Waals surface area (Å²) in [5.41, 5.74) is 4.69. The maximum Gasteiger partial charge on any atom is 0.256 e. The molecule has 2 aromatic carbocycles. The molecular formula is C31H33ClN4O4S. The number of aryl methyl sites for hydroxylation is 1. The Morgan fingerprint density at radius 3 is 2.68 bits per heavy atom. The molecule has 1 atom stereocenters. The first-order valence-corrected chi connectivity index (χ1v) is 16.0. The summed E-state index contributed by atoms with van der Waals surface area (Å²) in [5.74, 6) is -0.573. The Morgan fingerprint density at radius 1 is 1.15 bits per heavy atom. The fourth-order valence-electron chi connectivity index (χ4n) is 5.84. The Labute approximate surface area is 245 Å². The predicted octanol–water partition coefficient (Wildman–Crippen LogP) is 5.11. The molecule has 214 valence electrons. The number of likely N-dealkylation sites (tertiary alicyclic amines) is 1. The third kappa shape index (κ3) is 5.46. The summed E-state index contributed by atoms with van der Waals surface area (Å²) in [6.07, 6.45) is 6.10. The number of fused-ring (bicyclic) bond motifs is 1. The van der Waals surface area contributed by atoms with Gasteiger partial charge >= 0.3 is 0 Å². The summed E-state index contributed by atoms with van der Waals surface area (Å²) >= 11 is 6.21. The number of H-pyrrole nitrogens is 1. The Balaban J connectivity index is 1.29. The lowest BCUT2D eigenvalue weighted by Gasteiger charge is -2.25. The van der Waals surface area contributed by atoms with Crippen LogP contribution < -0.4 is 10.6 Å². The van der Waals surface area contributed by atoms with Crippen molar-refractivity contribution in [2.24, 2.45) is 0 Å². The lowest BCUT2D eigenvalue weighted by Crippen LogP contribution is -2.42. The molecule has 2 amide bonds. The molecule has 3 aliphatic rings. The van der Waals surface area contributed by atoms with E-state index in [1.807, 2.05) is 18.7 Å². The van der Waals surface area contributed by atoms with Gasteiger partial charge in [0.05, 0.1) is 21.8 Å². The summed E-state index contributed by atoms with van der Waals surface area (Å²) in [5, 5.41) is 6.77. The van der Waals surface area contributed by atoms with Crippen LogP contribution in [0.5, 0.6) is 0 Å². The van der Waals surface area contributed by atoms with E-state index in [2.05, 4.69) is 15.6 Å². The number of aromatic amines is 1. The van der Waals surface area contributed by atoms with E-state index < -0.39 is 9.84 Å². The van der Waals surface area contributed by atoms with Gasteiger partial charge in [0, 0.05) is 52.8 Å². The van der Waals surface area contributed by atoms with E-state index in [1.165, 1.54) is 25.0 Å². The second-order valence-corrected chi connectivity index (χ2v) is 13.6. The number of rotatable bonds is 8. The highest BCUT2D eigenvalue weighted by Gasteiger charge is 2.34. The van der Waals surface area contributed by atoms with Gasteiger partial charge in [-0.2, -0.15) is 0 Å². The smallest absolute Gasteiger partial charge is 0.256 e. The van der Waals surface area contributed by atoms with Crippen LogP contribution in [-0.4, -0.2) is 55.3 Å². The van der Waals surface area contributed by atoms with Crippen LogP contribution in [-0.2, 0) is 20.4 Å². The standard InChI is InChI=1S/C31H33ClN4O4S/c1-18-28(34-19(2)29(18)31(38)36-13-5-7-22(36)16-33-21-9-10-21)15-25-24-14-23(11-12-27(24)35-30(25)37)41(39,40)17-20-6-3-4-8-26(20)32/h3-4,6,8,11-12,14-15,21-22,33-34H,5,7,9-10,13,16-17H2,1-2H3,(H,35,37)/b25-15-/t22-/m1/s1. The number of anilines is 1. The number of aromatic nitrogens is 1. The number of carbonyl (C=O) groups excluding carboxylic acids is 2. The third-order valence-corrected chi connectivity index (χ3v) is 10.3. The summed E-state index contributed by atoms with van der Waals surface area (Å²) < 4.78 is 26.6. The highest BCUT2D eigenvalue weighted by atomic mass is 35.5. The van der Waals surface area contributed by atoms with Gasteiger partial charge in [-0.05, 0) is 81.0 Å². The van der Waals surface area contributed by atoms with Gasteiger partial charge in [-0.25, -0.2) is 8.42 Å². The minimum atomic E-state index is -3.73. The molecule has 0 bridgehead atoms. The SMILES string of the molecule is Cc1[nH]c(/C=C2\C(=O)Nc3ccc(S(=O)(=O)Cc4ccccc4Cl)cc32)c(C)c1C(=O)N1CCC[C@@H]1CNC1CC1. The lowest BCUT2D eigenvalue weighted by molar-refractivity contribution is -0.110. The molecule has 3 aromatic rings. The van der Waals surface area contributed by atoms with Gasteiger partial charge in [0.15, 0.2) is 9.84 Å². The molecule has 1 saturated carbocycles. The maximum absolute atomic E-state index is 13.7. The Kier molecular flexibility index (Phi) is 7.30. The summed E-state index contributed by atoms with van der Waals surface area (Å²) in [6, 6.07) is 12.3. The zero-order chi connectivity index (χ0) is 28.9. The molecule has 2 fully saturated rings. The minimum absolute atomic E-state index is 0.00484. The van der Waals surface area contributed by atoms with Gasteiger partial charge in [0.25, 0.3) is 11.8 Å². The number of benzene rings is 2. The van der Waals surface area contributed by atoms with Crippen LogP contribution in [0.15, 0.2) is 47.4 Å². The molecule has 41 heavy (non-hydrogen) atoms. The second-order valence-electron chi connectivity index (χ2n) is 11.2. The largest absolute Gasteiger partial charge is 0.358 e. The molecule has 1 aromatic heterocycles. The molecule has 6 rings (SSSR count). The van der Waals surface area contributed by atoms with Crippen molar-refractivity contribution in [3.63, 3.8) is 0 Å². The predicted molar refractivity (Wildman–Crippen MR) is 161 cm³/mol. The topological polar surface area (TPSA) is 111 Å². The van der Waals surface area contributed by atoms with Crippen molar-refractivity contribution in [3.05, 3.63) is 81.1 Å². The number of sulfone groups is 1. The quantitative estimate of drug-likeness (QED) is 0.315. The molecule has 0 unspecified atom stereocenters. The maximum atomic E-state index is 13.7. The van der Waals surface area contributed by atoms with Crippen LogP contribution in [0.4, 0.5) is 5.69 Å². The van der Waals surface area contributed by atoms with Crippen molar-refractivity contribution in [2.45, 2.75) is 62.3 Å². The number of amides is 2. The molecule has 3 N–H and O–H groups in total. The van der Waals surface area contributed by atoms with Crippen LogP contribution in [0.25, 0.3) is 11.6 Å². The average molecular weight is 593 g/mol. The summed E-state index contributed by atoms with van der Waals surface area (Å²) in [7, 11) is -3.73. The van der Waals surface area contributed by atoms with E-state index in [4.69, 9.17) is 11.6 Å². The van der Waals surface area contributed by atoms with Gasteiger partial charge < -0.3 is 20.5 Å². The van der Waals surface area contributed by atoms with Crippen molar-refractivity contribution in [2.75, 3.05) is 18.4 Å². The minimum Gasteiger partial charge on any atom is -0.358 e. The normalized spacial score (nSPS) is 19.6. The second kappa shape index (κ2) is 10.8. The van der Waals surface area contributed by atoms with Crippen molar-refractivity contribution >= 4 is 50.6 Å². The van der Waals surface area contributed by atoms with E-state index >= 15 is 0 Å². The average Bonchev–Trinajstić information content (AvgIpc) is 3.45. The van der Waals surface area contributed by atoms with E-state index in [1.54, 1.807) is 36.4 Å². The molecule has 0 radical (unpaired) electrons. The number of carbonyl (C=O) groups is 2. The first-order valence-electron chi connectivity index (χ1n) is 14.0. The van der Waals surface area contributed by atoms with E-state index in [9.17, 15) is 18.0 Å². The highest BCUT2D eigenvalue weighted by molar-refractivity contribution is 7.90. The summed E-state index contributed by atoms with van der Waals surface area (Å²) in [6.45, 7) is 5.30. The van der Waals surface area contributed by atoms with Crippen LogP contribution >= 0.6 is 11.6 Å². The molecule has 1 saturated heterocycles. The Bertz CT molecular complexity index is 1690. The van der Waals surface area contributed by atoms with Gasteiger partial charge in [-0.15, -0.1) is 0 Å². The fraction of sp³-hybridized carbons (Fsp3) is 0.355. The Morgan fingerprint density at radius 2 is 1.93 bits per heavy atom. The molecule has 10 heteroatoms. The molecule has 3 heterocycles. The molecule has 8 nitrogen and oxygen atoms in total. The number of nitrogens with zero attached hydrogens (tertiary/aromatic N) is 1.